The molecule has 6 heteroatoms. The molecular formula is C14H25ClN2O3. The molecule has 1 heterocycles. The molecule has 0 aromatic carbocycles. The normalized spacial score (nSPS) is 19.4. The van der Waals surface area contributed by atoms with Crippen molar-refractivity contribution in [1.82, 2.24) is 9.80 Å². The number of rotatable bonds is 5. The van der Waals surface area contributed by atoms with E-state index in [1.807, 2.05) is 25.7 Å². The standard InChI is InChI=1S/C14H25ClN2O3/c1-14(2,3)20-13(19)16(4)6-5-7-17-10-11(9-15)8-12(17)18/h11H,5-10H2,1-4H3. The fourth-order valence-corrected chi connectivity index (χ4v) is 2.31. The van der Waals surface area contributed by atoms with E-state index < -0.39 is 5.60 Å². The van der Waals surface area contributed by atoms with Crippen molar-refractivity contribution in [3.63, 3.8) is 0 Å². The molecule has 20 heavy (non-hydrogen) atoms. The lowest BCUT2D eigenvalue weighted by atomic mass is 10.1. The number of halogens is 1. The number of hydrogen-bond acceptors (Lipinski definition) is 3. The lowest BCUT2D eigenvalue weighted by Gasteiger charge is -2.25. The molecule has 0 radical (unpaired) electrons. The van der Waals surface area contributed by atoms with Crippen molar-refractivity contribution in [3.8, 4) is 0 Å². The third-order valence-corrected chi connectivity index (χ3v) is 3.58. The predicted octanol–water partition coefficient (Wildman–Crippen LogP) is 2.33. The van der Waals surface area contributed by atoms with E-state index in [4.69, 9.17) is 16.3 Å². The first-order chi connectivity index (χ1) is 9.23. The molecule has 1 saturated heterocycles. The molecule has 0 N–H and O–H groups in total. The quantitative estimate of drug-likeness (QED) is 0.733. The number of carbonyl (C=O) groups excluding carboxylic acids is 2. The Labute approximate surface area is 126 Å². The Morgan fingerprint density at radius 2 is 2.15 bits per heavy atom. The first kappa shape index (κ1) is 17.1. The maximum absolute atomic E-state index is 11.8. The Balaban J connectivity index is 2.27. The van der Waals surface area contributed by atoms with Crippen LogP contribution in [0.4, 0.5) is 4.79 Å². The Morgan fingerprint density at radius 3 is 2.65 bits per heavy atom. The molecule has 0 saturated carbocycles. The average Bonchev–Trinajstić information content (AvgIpc) is 2.68. The molecule has 1 aliphatic heterocycles. The first-order valence-electron chi connectivity index (χ1n) is 7.01. The second-order valence-corrected chi connectivity index (χ2v) is 6.63. The van der Waals surface area contributed by atoms with Gasteiger partial charge in [0.2, 0.25) is 5.91 Å². The van der Waals surface area contributed by atoms with Crippen molar-refractivity contribution in [2.24, 2.45) is 5.92 Å². The molecule has 0 spiro atoms. The lowest BCUT2D eigenvalue weighted by molar-refractivity contribution is -0.127. The summed E-state index contributed by atoms with van der Waals surface area (Å²) in [5.74, 6) is 0.961. The van der Waals surface area contributed by atoms with Gasteiger partial charge in [0.05, 0.1) is 0 Å². The second kappa shape index (κ2) is 7.16. The maximum Gasteiger partial charge on any atom is 0.410 e. The highest BCUT2D eigenvalue weighted by atomic mass is 35.5. The molecule has 1 aliphatic rings. The Morgan fingerprint density at radius 1 is 1.50 bits per heavy atom. The smallest absolute Gasteiger partial charge is 0.410 e. The van der Waals surface area contributed by atoms with Crippen molar-refractivity contribution < 1.29 is 14.3 Å². The van der Waals surface area contributed by atoms with Crippen LogP contribution in [0.2, 0.25) is 0 Å². The molecule has 1 fully saturated rings. The molecule has 1 unspecified atom stereocenters. The van der Waals surface area contributed by atoms with Gasteiger partial charge >= 0.3 is 6.09 Å². The van der Waals surface area contributed by atoms with Crippen LogP contribution in [0.5, 0.6) is 0 Å². The van der Waals surface area contributed by atoms with Crippen LogP contribution in [0.1, 0.15) is 33.6 Å². The highest BCUT2D eigenvalue weighted by Gasteiger charge is 2.28. The van der Waals surface area contributed by atoms with Crippen LogP contribution in [0.25, 0.3) is 0 Å². The average molecular weight is 305 g/mol. The molecule has 5 nitrogen and oxygen atoms in total. The zero-order chi connectivity index (χ0) is 15.3. The zero-order valence-corrected chi connectivity index (χ0v) is 13.6. The molecule has 1 atom stereocenters. The third kappa shape index (κ3) is 5.57. The van der Waals surface area contributed by atoms with E-state index >= 15 is 0 Å². The number of amides is 2. The van der Waals surface area contributed by atoms with E-state index in [2.05, 4.69) is 0 Å². The van der Waals surface area contributed by atoms with Crippen molar-refractivity contribution >= 4 is 23.6 Å². The van der Waals surface area contributed by atoms with Crippen LogP contribution in [-0.2, 0) is 9.53 Å². The highest BCUT2D eigenvalue weighted by Crippen LogP contribution is 2.19. The number of carbonyl (C=O) groups is 2. The second-order valence-electron chi connectivity index (χ2n) is 6.32. The summed E-state index contributed by atoms with van der Waals surface area (Å²) in [6.45, 7) is 7.50. The monoisotopic (exact) mass is 304 g/mol. The minimum atomic E-state index is -0.482. The van der Waals surface area contributed by atoms with E-state index in [9.17, 15) is 9.59 Å². The van der Waals surface area contributed by atoms with E-state index in [0.717, 1.165) is 13.0 Å². The number of hydrogen-bond donors (Lipinski definition) is 0. The molecule has 1 rings (SSSR count). The summed E-state index contributed by atoms with van der Waals surface area (Å²) in [7, 11) is 1.71. The summed E-state index contributed by atoms with van der Waals surface area (Å²) < 4.78 is 5.27. The van der Waals surface area contributed by atoms with Crippen LogP contribution in [0.3, 0.4) is 0 Å². The number of nitrogens with zero attached hydrogens (tertiary/aromatic N) is 2. The van der Waals surface area contributed by atoms with Crippen LogP contribution in [-0.4, -0.2) is 60.0 Å². The van der Waals surface area contributed by atoms with Crippen LogP contribution >= 0.6 is 11.6 Å². The summed E-state index contributed by atoms with van der Waals surface area (Å²) in [5, 5.41) is 0. The van der Waals surface area contributed by atoms with E-state index in [0.29, 0.717) is 25.4 Å². The van der Waals surface area contributed by atoms with Gasteiger partial charge in [-0.3, -0.25) is 4.79 Å². The Kier molecular flexibility index (Phi) is 6.11. The number of likely N-dealkylation sites (tertiary alicyclic amines) is 1. The van der Waals surface area contributed by atoms with Gasteiger partial charge in [0.1, 0.15) is 5.60 Å². The van der Waals surface area contributed by atoms with Crippen LogP contribution in [0, 0.1) is 5.92 Å². The van der Waals surface area contributed by atoms with Gasteiger partial charge in [-0.25, -0.2) is 4.79 Å². The van der Waals surface area contributed by atoms with Gasteiger partial charge in [-0.05, 0) is 33.1 Å². The number of alkyl halides is 1. The SMILES string of the molecule is CN(CCCN1CC(CCl)CC1=O)C(=O)OC(C)(C)C. The summed E-state index contributed by atoms with van der Waals surface area (Å²) in [6, 6.07) is 0. The molecule has 0 bridgehead atoms. The minimum absolute atomic E-state index is 0.163. The Bertz CT molecular complexity index is 355. The minimum Gasteiger partial charge on any atom is -0.444 e. The van der Waals surface area contributed by atoms with Crippen molar-refractivity contribution in [3.05, 3.63) is 0 Å². The van der Waals surface area contributed by atoms with E-state index in [1.165, 1.54) is 0 Å². The van der Waals surface area contributed by atoms with E-state index in [-0.39, 0.29) is 17.9 Å². The lowest BCUT2D eigenvalue weighted by Crippen LogP contribution is -2.36. The maximum atomic E-state index is 11.8. The Hall–Kier alpha value is -0.970. The van der Waals surface area contributed by atoms with E-state index in [1.54, 1.807) is 11.9 Å². The molecule has 2 amide bonds. The fraction of sp³-hybridized carbons (Fsp3) is 0.857. The summed E-state index contributed by atoms with van der Waals surface area (Å²) in [5.41, 5.74) is -0.482. The number of ether oxygens (including phenoxy) is 1. The molecule has 116 valence electrons. The van der Waals surface area contributed by atoms with Crippen molar-refractivity contribution in [1.29, 1.82) is 0 Å². The van der Waals surface area contributed by atoms with Crippen molar-refractivity contribution in [2.75, 3.05) is 32.6 Å². The molecular weight excluding hydrogens is 280 g/mol. The predicted molar refractivity (Wildman–Crippen MR) is 78.9 cm³/mol. The van der Waals surface area contributed by atoms with Gasteiger partial charge in [0.25, 0.3) is 0 Å². The van der Waals surface area contributed by atoms with Gasteiger partial charge in [-0.1, -0.05) is 0 Å². The largest absolute Gasteiger partial charge is 0.444 e. The topological polar surface area (TPSA) is 49.9 Å². The third-order valence-electron chi connectivity index (χ3n) is 3.14. The molecule has 0 aliphatic carbocycles. The van der Waals surface area contributed by atoms with Gasteiger partial charge in [-0.2, -0.15) is 0 Å². The summed E-state index contributed by atoms with van der Waals surface area (Å²) in [4.78, 5) is 26.8. The van der Waals surface area contributed by atoms with Crippen LogP contribution < -0.4 is 0 Å². The fourth-order valence-electron chi connectivity index (χ4n) is 2.10. The van der Waals surface area contributed by atoms with Gasteiger partial charge < -0.3 is 14.5 Å². The molecule has 0 aromatic heterocycles. The van der Waals surface area contributed by atoms with Gasteiger partial charge in [-0.15, -0.1) is 11.6 Å². The van der Waals surface area contributed by atoms with Gasteiger partial charge in [0, 0.05) is 39.0 Å². The zero-order valence-electron chi connectivity index (χ0n) is 12.8. The van der Waals surface area contributed by atoms with Crippen LogP contribution in [0.15, 0.2) is 0 Å². The first-order valence-corrected chi connectivity index (χ1v) is 7.54. The summed E-state index contributed by atoms with van der Waals surface area (Å²) in [6.07, 6.45) is 0.964. The van der Waals surface area contributed by atoms with Crippen molar-refractivity contribution in [2.45, 2.75) is 39.2 Å². The van der Waals surface area contributed by atoms with Gasteiger partial charge in [0.15, 0.2) is 0 Å². The summed E-state index contributed by atoms with van der Waals surface area (Å²) >= 11 is 5.78. The molecule has 0 aromatic rings. The highest BCUT2D eigenvalue weighted by molar-refractivity contribution is 6.18.